The summed E-state index contributed by atoms with van der Waals surface area (Å²) in [6, 6.07) is 8.28. The lowest BCUT2D eigenvalue weighted by atomic mass is 10.1. The van der Waals surface area contributed by atoms with Crippen molar-refractivity contribution in [3.63, 3.8) is 0 Å². The number of nitrogens with two attached hydrogens (primary N) is 1. The minimum atomic E-state index is -0.953. The number of carbonyl (C=O) groups is 3. The molecule has 0 unspecified atom stereocenters. The lowest BCUT2D eigenvalue weighted by Crippen LogP contribution is -2.58. The van der Waals surface area contributed by atoms with Gasteiger partial charge in [-0.25, -0.2) is 9.59 Å². The standard InChI is InChI=1S/C23H30N6O4/c1-4-18(30)15-16-5-7-17(8-6-16)29-10-9-19(26-22(29)33)25-21(32)28-13-11-27(12-14-28)20(31)23(2,3)24/h5-10H,4,11-15,24H2,1-3H3,(H,25,26,32,33). The van der Waals surface area contributed by atoms with Crippen LogP contribution in [0.4, 0.5) is 10.6 Å². The van der Waals surface area contributed by atoms with Crippen molar-refractivity contribution in [3.05, 3.63) is 52.6 Å². The zero-order valence-electron chi connectivity index (χ0n) is 19.2. The van der Waals surface area contributed by atoms with Crippen LogP contribution in [0.3, 0.4) is 0 Å². The predicted octanol–water partition coefficient (Wildman–Crippen LogP) is 1.17. The molecule has 1 aliphatic heterocycles. The maximum absolute atomic E-state index is 12.6. The van der Waals surface area contributed by atoms with Crippen molar-refractivity contribution in [2.24, 2.45) is 5.73 Å². The lowest BCUT2D eigenvalue weighted by molar-refractivity contribution is -0.137. The average Bonchev–Trinajstić information content (AvgIpc) is 2.78. The number of nitrogens with one attached hydrogen (secondary N) is 1. The van der Waals surface area contributed by atoms with E-state index < -0.39 is 11.2 Å². The van der Waals surface area contributed by atoms with Crippen LogP contribution >= 0.6 is 0 Å². The summed E-state index contributed by atoms with van der Waals surface area (Å²) in [5.74, 6) is 0.142. The molecular weight excluding hydrogens is 424 g/mol. The third-order valence-corrected chi connectivity index (χ3v) is 5.45. The first-order valence-corrected chi connectivity index (χ1v) is 10.9. The average molecular weight is 455 g/mol. The topological polar surface area (TPSA) is 131 Å². The number of piperazine rings is 1. The third-order valence-electron chi connectivity index (χ3n) is 5.45. The van der Waals surface area contributed by atoms with E-state index in [9.17, 15) is 19.2 Å². The molecular formula is C23H30N6O4. The van der Waals surface area contributed by atoms with Gasteiger partial charge in [-0.2, -0.15) is 4.98 Å². The number of Topliss-reactive ketones (excluding diaryl/α,β-unsaturated/α-hetero) is 1. The smallest absolute Gasteiger partial charge is 0.338 e. The van der Waals surface area contributed by atoms with Gasteiger partial charge >= 0.3 is 11.7 Å². The van der Waals surface area contributed by atoms with E-state index in [0.29, 0.717) is 44.7 Å². The fraction of sp³-hybridized carbons (Fsp3) is 0.435. The van der Waals surface area contributed by atoms with Crippen LogP contribution in [-0.2, 0) is 16.0 Å². The van der Waals surface area contributed by atoms with Gasteiger partial charge in [-0.3, -0.25) is 19.5 Å². The Morgan fingerprint density at radius 3 is 2.18 bits per heavy atom. The van der Waals surface area contributed by atoms with Crippen molar-refractivity contribution >= 4 is 23.5 Å². The van der Waals surface area contributed by atoms with Crippen LogP contribution in [0.5, 0.6) is 0 Å². The Hall–Kier alpha value is -3.53. The number of amides is 3. The van der Waals surface area contributed by atoms with Crippen LogP contribution in [0.25, 0.3) is 5.69 Å². The molecule has 0 bridgehead atoms. The zero-order valence-corrected chi connectivity index (χ0v) is 19.2. The van der Waals surface area contributed by atoms with Gasteiger partial charge in [0, 0.05) is 45.2 Å². The molecule has 0 saturated carbocycles. The summed E-state index contributed by atoms with van der Waals surface area (Å²) >= 11 is 0. The quantitative estimate of drug-likeness (QED) is 0.674. The summed E-state index contributed by atoms with van der Waals surface area (Å²) in [5.41, 5.74) is 5.87. The van der Waals surface area contributed by atoms with Crippen molar-refractivity contribution in [3.8, 4) is 5.69 Å². The van der Waals surface area contributed by atoms with E-state index in [2.05, 4.69) is 10.3 Å². The van der Waals surface area contributed by atoms with Gasteiger partial charge in [0.25, 0.3) is 0 Å². The van der Waals surface area contributed by atoms with E-state index in [4.69, 9.17) is 5.73 Å². The Kier molecular flexibility index (Phi) is 7.27. The van der Waals surface area contributed by atoms with E-state index in [1.807, 2.05) is 6.92 Å². The fourth-order valence-electron chi connectivity index (χ4n) is 3.51. The SMILES string of the molecule is CCC(=O)Cc1ccc(-n2ccc(NC(=O)N3CCN(C(=O)C(C)(C)N)CC3)nc2=O)cc1. The molecule has 3 rings (SSSR count). The Balaban J connectivity index is 1.60. The van der Waals surface area contributed by atoms with Gasteiger partial charge in [-0.15, -0.1) is 0 Å². The Morgan fingerprint density at radius 2 is 1.64 bits per heavy atom. The molecule has 1 aromatic carbocycles. The summed E-state index contributed by atoms with van der Waals surface area (Å²) in [4.78, 5) is 56.1. The first-order valence-electron chi connectivity index (χ1n) is 10.9. The minimum absolute atomic E-state index is 0.146. The van der Waals surface area contributed by atoms with Gasteiger partial charge < -0.3 is 15.5 Å². The first kappa shape index (κ1) is 24.1. The third kappa shape index (κ3) is 6.04. The van der Waals surface area contributed by atoms with Gasteiger partial charge in [-0.1, -0.05) is 19.1 Å². The van der Waals surface area contributed by atoms with Gasteiger partial charge in [0.1, 0.15) is 11.6 Å². The van der Waals surface area contributed by atoms with Crippen LogP contribution in [0.1, 0.15) is 32.8 Å². The molecule has 1 saturated heterocycles. The van der Waals surface area contributed by atoms with Crippen molar-refractivity contribution in [2.45, 2.75) is 39.2 Å². The number of urea groups is 1. The van der Waals surface area contributed by atoms with Crippen LogP contribution < -0.4 is 16.7 Å². The molecule has 0 radical (unpaired) electrons. The molecule has 10 heteroatoms. The van der Waals surface area contributed by atoms with Crippen molar-refractivity contribution in [2.75, 3.05) is 31.5 Å². The number of rotatable bonds is 6. The molecule has 3 N–H and O–H groups in total. The molecule has 3 amide bonds. The van der Waals surface area contributed by atoms with Crippen LogP contribution in [0.15, 0.2) is 41.3 Å². The fourth-order valence-corrected chi connectivity index (χ4v) is 3.51. The largest absolute Gasteiger partial charge is 0.354 e. The number of ketones is 1. The van der Waals surface area contributed by atoms with Crippen molar-refractivity contribution in [1.29, 1.82) is 0 Å². The highest BCUT2D eigenvalue weighted by Crippen LogP contribution is 2.12. The Morgan fingerprint density at radius 1 is 1.03 bits per heavy atom. The summed E-state index contributed by atoms with van der Waals surface area (Å²) in [7, 11) is 0. The highest BCUT2D eigenvalue weighted by molar-refractivity contribution is 5.89. The zero-order chi connectivity index (χ0) is 24.2. The molecule has 1 fully saturated rings. The summed E-state index contributed by atoms with van der Waals surface area (Å²) in [5, 5.41) is 2.64. The van der Waals surface area contributed by atoms with E-state index in [1.54, 1.807) is 54.0 Å². The van der Waals surface area contributed by atoms with Crippen LogP contribution in [0, 0.1) is 0 Å². The monoisotopic (exact) mass is 454 g/mol. The molecule has 0 aliphatic carbocycles. The Labute approximate surface area is 192 Å². The Bertz CT molecular complexity index is 1080. The van der Waals surface area contributed by atoms with E-state index in [-0.39, 0.29) is 23.5 Å². The van der Waals surface area contributed by atoms with E-state index in [1.165, 1.54) is 10.8 Å². The number of aromatic nitrogens is 2. The van der Waals surface area contributed by atoms with Crippen molar-refractivity contribution in [1.82, 2.24) is 19.4 Å². The summed E-state index contributed by atoms with van der Waals surface area (Å²) in [6.45, 7) is 6.64. The van der Waals surface area contributed by atoms with Gasteiger partial charge in [0.05, 0.1) is 11.2 Å². The normalized spacial score (nSPS) is 14.2. The minimum Gasteiger partial charge on any atom is -0.338 e. The van der Waals surface area contributed by atoms with Gasteiger partial charge in [0.2, 0.25) is 5.91 Å². The number of hydrogen-bond acceptors (Lipinski definition) is 6. The molecule has 2 heterocycles. The number of hydrogen-bond donors (Lipinski definition) is 2. The first-order chi connectivity index (χ1) is 15.6. The number of anilines is 1. The molecule has 0 spiro atoms. The summed E-state index contributed by atoms with van der Waals surface area (Å²) in [6.07, 6.45) is 2.39. The lowest BCUT2D eigenvalue weighted by Gasteiger charge is -2.37. The molecule has 2 aromatic rings. The molecule has 1 aromatic heterocycles. The molecule has 10 nitrogen and oxygen atoms in total. The van der Waals surface area contributed by atoms with E-state index in [0.717, 1.165) is 5.56 Å². The van der Waals surface area contributed by atoms with Crippen LogP contribution in [0.2, 0.25) is 0 Å². The maximum atomic E-state index is 12.6. The predicted molar refractivity (Wildman–Crippen MR) is 124 cm³/mol. The molecule has 0 atom stereocenters. The van der Waals surface area contributed by atoms with Crippen LogP contribution in [-0.4, -0.2) is 68.8 Å². The number of benzene rings is 1. The molecule has 1 aliphatic rings. The second-order valence-corrected chi connectivity index (χ2v) is 8.63. The molecule has 176 valence electrons. The summed E-state index contributed by atoms with van der Waals surface area (Å²) < 4.78 is 1.36. The maximum Gasteiger partial charge on any atom is 0.354 e. The van der Waals surface area contributed by atoms with Crippen molar-refractivity contribution < 1.29 is 14.4 Å². The van der Waals surface area contributed by atoms with E-state index >= 15 is 0 Å². The number of nitrogens with zero attached hydrogens (tertiary/aromatic N) is 4. The number of carbonyl (C=O) groups excluding carboxylic acids is 3. The highest BCUT2D eigenvalue weighted by Gasteiger charge is 2.31. The van der Waals surface area contributed by atoms with Gasteiger partial charge in [0.15, 0.2) is 0 Å². The highest BCUT2D eigenvalue weighted by atomic mass is 16.2. The van der Waals surface area contributed by atoms with Gasteiger partial charge in [-0.05, 0) is 37.6 Å². The second kappa shape index (κ2) is 9.95. The molecule has 33 heavy (non-hydrogen) atoms. The second-order valence-electron chi connectivity index (χ2n) is 8.63.